The van der Waals surface area contributed by atoms with Crippen molar-refractivity contribution in [2.24, 2.45) is 0 Å². The van der Waals surface area contributed by atoms with Gasteiger partial charge in [-0.2, -0.15) is 0 Å². The predicted octanol–water partition coefficient (Wildman–Crippen LogP) is 4.28. The first kappa shape index (κ1) is 13.7. The number of aldehydes is 1. The van der Waals surface area contributed by atoms with E-state index in [2.05, 4.69) is 39.0 Å². The summed E-state index contributed by atoms with van der Waals surface area (Å²) in [6.07, 6.45) is 5.91. The van der Waals surface area contributed by atoms with Crippen LogP contribution in [0.25, 0.3) is 0 Å². The van der Waals surface area contributed by atoms with E-state index in [0.29, 0.717) is 6.42 Å². The van der Waals surface area contributed by atoms with E-state index in [4.69, 9.17) is 0 Å². The molecule has 0 radical (unpaired) electrons. The van der Waals surface area contributed by atoms with Gasteiger partial charge in [-0.3, -0.25) is 0 Å². The zero-order chi connectivity index (χ0) is 12.7. The van der Waals surface area contributed by atoms with Gasteiger partial charge >= 0.3 is 0 Å². The van der Waals surface area contributed by atoms with Crippen molar-refractivity contribution in [3.8, 4) is 0 Å². The lowest BCUT2D eigenvalue weighted by Crippen LogP contribution is -2.22. The van der Waals surface area contributed by atoms with Crippen molar-refractivity contribution in [1.29, 1.82) is 0 Å². The van der Waals surface area contributed by atoms with Crippen LogP contribution in [0.3, 0.4) is 0 Å². The third kappa shape index (κ3) is 4.18. The van der Waals surface area contributed by atoms with Gasteiger partial charge in [0, 0.05) is 6.42 Å². The molecule has 0 fully saturated rings. The zero-order valence-corrected chi connectivity index (χ0v) is 11.1. The summed E-state index contributed by atoms with van der Waals surface area (Å²) in [4.78, 5) is 10.9. The maximum atomic E-state index is 10.9. The molecular formula is C16H22O. The Bertz CT molecular complexity index is 374. The number of allylic oxidation sites excluding steroid dienone is 2. The van der Waals surface area contributed by atoms with E-state index < -0.39 is 0 Å². The molecule has 0 amide bonds. The number of carbonyl (C=O) groups excluding carboxylic acids is 1. The summed E-state index contributed by atoms with van der Waals surface area (Å²) in [5.41, 5.74) is 2.57. The molecule has 0 heterocycles. The van der Waals surface area contributed by atoms with Crippen LogP contribution < -0.4 is 0 Å². The molecule has 1 aromatic rings. The summed E-state index contributed by atoms with van der Waals surface area (Å²) in [5, 5.41) is 0. The van der Waals surface area contributed by atoms with Crippen LogP contribution in [0.5, 0.6) is 0 Å². The van der Waals surface area contributed by atoms with Crippen LogP contribution in [-0.4, -0.2) is 6.29 Å². The Morgan fingerprint density at radius 2 is 1.88 bits per heavy atom. The molecule has 1 nitrogen and oxygen atoms in total. The Labute approximate surface area is 105 Å². The summed E-state index contributed by atoms with van der Waals surface area (Å²) in [6.45, 7) is 6.40. The van der Waals surface area contributed by atoms with Crippen LogP contribution in [-0.2, 0) is 10.2 Å². The van der Waals surface area contributed by atoms with Crippen molar-refractivity contribution in [1.82, 2.24) is 0 Å². The molecule has 0 aromatic heterocycles. The fraction of sp³-hybridized carbons (Fsp3) is 0.438. The van der Waals surface area contributed by atoms with Crippen molar-refractivity contribution >= 4 is 6.29 Å². The average Bonchev–Trinajstić information content (AvgIpc) is 2.30. The van der Waals surface area contributed by atoms with Gasteiger partial charge in [0.25, 0.3) is 0 Å². The minimum atomic E-state index is -0.0328. The Balaban J connectivity index is 2.82. The Morgan fingerprint density at radius 3 is 2.41 bits per heavy atom. The topological polar surface area (TPSA) is 17.1 Å². The molecule has 0 aliphatic carbocycles. The molecule has 0 aliphatic rings. The van der Waals surface area contributed by atoms with Gasteiger partial charge in [0.15, 0.2) is 0 Å². The van der Waals surface area contributed by atoms with Gasteiger partial charge in [0.05, 0.1) is 0 Å². The molecule has 1 atom stereocenters. The minimum Gasteiger partial charge on any atom is -0.303 e. The number of hydrogen-bond acceptors (Lipinski definition) is 1. The summed E-state index contributed by atoms with van der Waals surface area (Å²) in [5.74, 6) is 0. The molecule has 0 spiro atoms. The molecule has 0 saturated carbocycles. The van der Waals surface area contributed by atoms with Gasteiger partial charge in [-0.1, -0.05) is 48.9 Å². The van der Waals surface area contributed by atoms with Crippen LogP contribution >= 0.6 is 0 Å². The molecule has 0 unspecified atom stereocenters. The molecule has 17 heavy (non-hydrogen) atoms. The third-order valence-electron chi connectivity index (χ3n) is 3.25. The summed E-state index contributed by atoms with van der Waals surface area (Å²) < 4.78 is 0. The highest BCUT2D eigenvalue weighted by molar-refractivity contribution is 5.53. The smallest absolute Gasteiger partial charge is 0.120 e. The standard InChI is InChI=1S/C16H22O/c1-14(2)8-7-11-16(3,12-13-17)15-9-5-4-6-10-15/h4-6,8-10,13H,7,11-12H2,1-3H3/t16-/m1/s1. The zero-order valence-electron chi connectivity index (χ0n) is 11.1. The lowest BCUT2D eigenvalue weighted by Gasteiger charge is -2.27. The lowest BCUT2D eigenvalue weighted by atomic mass is 9.76. The monoisotopic (exact) mass is 230 g/mol. The van der Waals surface area contributed by atoms with Crippen molar-refractivity contribution in [2.75, 3.05) is 0 Å². The summed E-state index contributed by atoms with van der Waals surface area (Å²) in [7, 11) is 0. The Hall–Kier alpha value is -1.37. The Kier molecular flexibility index (Phi) is 5.14. The maximum Gasteiger partial charge on any atom is 0.120 e. The molecule has 1 heteroatoms. The SMILES string of the molecule is CC(C)=CCC[C@](C)(CC=O)c1ccccc1. The lowest BCUT2D eigenvalue weighted by molar-refractivity contribution is -0.108. The first-order chi connectivity index (χ1) is 8.08. The fourth-order valence-electron chi connectivity index (χ4n) is 2.07. The van der Waals surface area contributed by atoms with Gasteiger partial charge in [-0.15, -0.1) is 0 Å². The molecule has 1 aromatic carbocycles. The molecule has 0 N–H and O–H groups in total. The number of hydrogen-bond donors (Lipinski definition) is 0. The van der Waals surface area contributed by atoms with Gasteiger partial charge in [-0.05, 0) is 37.7 Å². The van der Waals surface area contributed by atoms with E-state index in [1.165, 1.54) is 11.1 Å². The molecule has 0 saturated heterocycles. The highest BCUT2D eigenvalue weighted by Gasteiger charge is 2.24. The van der Waals surface area contributed by atoms with Crippen LogP contribution in [0.15, 0.2) is 42.0 Å². The number of benzene rings is 1. The van der Waals surface area contributed by atoms with E-state index in [-0.39, 0.29) is 5.41 Å². The second-order valence-corrected chi connectivity index (χ2v) is 5.12. The number of rotatable bonds is 6. The van der Waals surface area contributed by atoms with Crippen LogP contribution in [0.2, 0.25) is 0 Å². The van der Waals surface area contributed by atoms with Crippen LogP contribution in [0.1, 0.15) is 45.6 Å². The molecule has 1 rings (SSSR count). The van der Waals surface area contributed by atoms with Gasteiger partial charge in [-0.25, -0.2) is 0 Å². The van der Waals surface area contributed by atoms with E-state index in [9.17, 15) is 4.79 Å². The molecular weight excluding hydrogens is 208 g/mol. The first-order valence-corrected chi connectivity index (χ1v) is 6.21. The van der Waals surface area contributed by atoms with Gasteiger partial charge in [0.2, 0.25) is 0 Å². The van der Waals surface area contributed by atoms with Gasteiger partial charge < -0.3 is 4.79 Å². The summed E-state index contributed by atoms with van der Waals surface area (Å²) in [6, 6.07) is 10.3. The van der Waals surface area contributed by atoms with Crippen LogP contribution in [0.4, 0.5) is 0 Å². The van der Waals surface area contributed by atoms with E-state index in [1.54, 1.807) is 0 Å². The number of carbonyl (C=O) groups is 1. The van der Waals surface area contributed by atoms with Crippen LogP contribution in [0, 0.1) is 0 Å². The van der Waals surface area contributed by atoms with Gasteiger partial charge in [0.1, 0.15) is 6.29 Å². The average molecular weight is 230 g/mol. The quantitative estimate of drug-likeness (QED) is 0.526. The highest BCUT2D eigenvalue weighted by Crippen LogP contribution is 2.32. The molecule has 0 bridgehead atoms. The van der Waals surface area contributed by atoms with E-state index in [1.807, 2.05) is 18.2 Å². The highest BCUT2D eigenvalue weighted by atomic mass is 16.1. The first-order valence-electron chi connectivity index (χ1n) is 6.21. The maximum absolute atomic E-state index is 10.9. The third-order valence-corrected chi connectivity index (χ3v) is 3.25. The second kappa shape index (κ2) is 6.39. The van der Waals surface area contributed by atoms with Crippen molar-refractivity contribution < 1.29 is 4.79 Å². The fourth-order valence-corrected chi connectivity index (χ4v) is 2.07. The Morgan fingerprint density at radius 1 is 1.24 bits per heavy atom. The van der Waals surface area contributed by atoms with E-state index >= 15 is 0 Å². The van der Waals surface area contributed by atoms with E-state index in [0.717, 1.165) is 19.1 Å². The second-order valence-electron chi connectivity index (χ2n) is 5.12. The van der Waals surface area contributed by atoms with Crippen molar-refractivity contribution in [2.45, 2.75) is 45.4 Å². The molecule has 0 aliphatic heterocycles. The normalized spacial score (nSPS) is 13.8. The largest absolute Gasteiger partial charge is 0.303 e. The molecule has 92 valence electrons. The minimum absolute atomic E-state index is 0.0328. The van der Waals surface area contributed by atoms with Crippen molar-refractivity contribution in [3.05, 3.63) is 47.5 Å². The summed E-state index contributed by atoms with van der Waals surface area (Å²) >= 11 is 0. The predicted molar refractivity (Wildman–Crippen MR) is 73.1 cm³/mol. The van der Waals surface area contributed by atoms with Crippen molar-refractivity contribution in [3.63, 3.8) is 0 Å².